The van der Waals surface area contributed by atoms with Gasteiger partial charge in [0.05, 0.1) is 23.8 Å². The molecule has 0 saturated heterocycles. The van der Waals surface area contributed by atoms with Gasteiger partial charge in [-0.1, -0.05) is 30.3 Å². The number of para-hydroxylation sites is 3. The molecule has 9 heteroatoms. The van der Waals surface area contributed by atoms with Crippen LogP contribution in [-0.4, -0.2) is 24.6 Å². The Balaban J connectivity index is 1.87. The van der Waals surface area contributed by atoms with Crippen LogP contribution in [-0.2, 0) is 10.0 Å². The summed E-state index contributed by atoms with van der Waals surface area (Å²) < 4.78 is 39.4. The number of benzene rings is 2. The molecule has 0 unspecified atom stereocenters. The van der Waals surface area contributed by atoms with E-state index in [4.69, 9.17) is 0 Å². The monoisotopic (exact) mass is 373 g/mol. The van der Waals surface area contributed by atoms with Gasteiger partial charge < -0.3 is 10.6 Å². The maximum absolute atomic E-state index is 14.1. The minimum absolute atomic E-state index is 0.0822. The molecule has 134 valence electrons. The Morgan fingerprint density at radius 2 is 1.58 bits per heavy atom. The molecule has 0 aliphatic rings. The Bertz CT molecular complexity index is 1010. The van der Waals surface area contributed by atoms with Crippen LogP contribution >= 0.6 is 0 Å². The van der Waals surface area contributed by atoms with Gasteiger partial charge in [0.25, 0.3) is 0 Å². The smallest absolute Gasteiger partial charge is 0.229 e. The molecular formula is C17H16FN5O2S. The van der Waals surface area contributed by atoms with Crippen LogP contribution in [0, 0.1) is 5.82 Å². The molecule has 0 bridgehead atoms. The van der Waals surface area contributed by atoms with Crippen molar-refractivity contribution in [2.45, 2.75) is 0 Å². The maximum Gasteiger partial charge on any atom is 0.229 e. The molecule has 3 aromatic rings. The molecular weight excluding hydrogens is 357 g/mol. The summed E-state index contributed by atoms with van der Waals surface area (Å²) in [6.45, 7) is 0. The second kappa shape index (κ2) is 7.36. The summed E-state index contributed by atoms with van der Waals surface area (Å²) in [5, 5.41) is 5.77. The molecule has 0 fully saturated rings. The standard InChI is InChI=1S/C17H16FN5O2S/c1-26(24,25)23-15-10-6-5-9-14(15)21-16-13(18)11-19-17(22-16)20-12-7-3-2-4-8-12/h2-11,23H,1H3,(H2,19,20,21,22). The van der Waals surface area contributed by atoms with Crippen LogP contribution in [0.5, 0.6) is 0 Å². The number of halogens is 1. The Hall–Kier alpha value is -3.20. The highest BCUT2D eigenvalue weighted by atomic mass is 32.2. The topological polar surface area (TPSA) is 96.0 Å². The molecule has 0 aliphatic carbocycles. The van der Waals surface area contributed by atoms with Gasteiger partial charge in [0, 0.05) is 5.69 Å². The van der Waals surface area contributed by atoms with Crippen molar-refractivity contribution < 1.29 is 12.8 Å². The summed E-state index contributed by atoms with van der Waals surface area (Å²) in [7, 11) is -3.48. The lowest BCUT2D eigenvalue weighted by Crippen LogP contribution is -2.11. The molecule has 3 rings (SSSR count). The summed E-state index contributed by atoms with van der Waals surface area (Å²) in [5.74, 6) is -0.549. The Morgan fingerprint density at radius 1 is 0.923 bits per heavy atom. The maximum atomic E-state index is 14.1. The fourth-order valence-electron chi connectivity index (χ4n) is 2.17. The van der Waals surface area contributed by atoms with Crippen molar-refractivity contribution >= 4 is 38.9 Å². The van der Waals surface area contributed by atoms with E-state index in [-0.39, 0.29) is 17.5 Å². The lowest BCUT2D eigenvalue weighted by molar-refractivity contribution is 0.607. The zero-order valence-electron chi connectivity index (χ0n) is 13.8. The van der Waals surface area contributed by atoms with Gasteiger partial charge in [-0.2, -0.15) is 4.98 Å². The molecule has 0 amide bonds. The lowest BCUT2D eigenvalue weighted by Gasteiger charge is -2.13. The molecule has 1 aromatic heterocycles. The zero-order chi connectivity index (χ0) is 18.6. The number of hydrogen-bond donors (Lipinski definition) is 3. The second-order valence-corrected chi connectivity index (χ2v) is 7.17. The molecule has 0 aliphatic heterocycles. The number of nitrogens with zero attached hydrogens (tertiary/aromatic N) is 2. The van der Waals surface area contributed by atoms with Gasteiger partial charge in [-0.3, -0.25) is 4.72 Å². The second-order valence-electron chi connectivity index (χ2n) is 5.43. The van der Waals surface area contributed by atoms with Gasteiger partial charge in [-0.05, 0) is 24.3 Å². The van der Waals surface area contributed by atoms with Gasteiger partial charge in [0.2, 0.25) is 16.0 Å². The highest BCUT2D eigenvalue weighted by Crippen LogP contribution is 2.27. The Kier molecular flexibility index (Phi) is 4.99. The Morgan fingerprint density at radius 3 is 2.27 bits per heavy atom. The van der Waals surface area contributed by atoms with Crippen molar-refractivity contribution in [3.63, 3.8) is 0 Å². The van der Waals surface area contributed by atoms with Crippen LogP contribution in [0.25, 0.3) is 0 Å². The van der Waals surface area contributed by atoms with E-state index in [0.717, 1.165) is 18.1 Å². The fraction of sp³-hybridized carbons (Fsp3) is 0.0588. The van der Waals surface area contributed by atoms with Crippen molar-refractivity contribution in [3.8, 4) is 0 Å². The minimum atomic E-state index is -3.48. The van der Waals surface area contributed by atoms with E-state index in [1.54, 1.807) is 24.3 Å². The lowest BCUT2D eigenvalue weighted by atomic mass is 10.2. The van der Waals surface area contributed by atoms with Crippen LogP contribution in [0.15, 0.2) is 60.8 Å². The average molecular weight is 373 g/mol. The third-order valence-corrected chi connectivity index (χ3v) is 3.84. The first kappa shape index (κ1) is 17.6. The molecule has 1 heterocycles. The number of nitrogens with one attached hydrogen (secondary N) is 3. The molecule has 2 aromatic carbocycles. The molecule has 7 nitrogen and oxygen atoms in total. The third kappa shape index (κ3) is 4.67. The van der Waals surface area contributed by atoms with E-state index in [1.165, 1.54) is 0 Å². The van der Waals surface area contributed by atoms with Crippen LogP contribution in [0.1, 0.15) is 0 Å². The highest BCUT2D eigenvalue weighted by Gasteiger charge is 2.12. The van der Waals surface area contributed by atoms with E-state index in [9.17, 15) is 12.8 Å². The minimum Gasteiger partial charge on any atom is -0.336 e. The number of hydrogen-bond acceptors (Lipinski definition) is 6. The SMILES string of the molecule is CS(=O)(=O)Nc1ccccc1Nc1nc(Nc2ccccc2)ncc1F. The van der Waals surface area contributed by atoms with Crippen molar-refractivity contribution in [2.75, 3.05) is 21.6 Å². The van der Waals surface area contributed by atoms with Crippen molar-refractivity contribution in [2.24, 2.45) is 0 Å². The van der Waals surface area contributed by atoms with Crippen LogP contribution in [0.2, 0.25) is 0 Å². The fourth-order valence-corrected chi connectivity index (χ4v) is 2.75. The molecule has 26 heavy (non-hydrogen) atoms. The van der Waals surface area contributed by atoms with Gasteiger partial charge in [0.1, 0.15) is 0 Å². The van der Waals surface area contributed by atoms with Crippen molar-refractivity contribution in [1.82, 2.24) is 9.97 Å². The predicted octanol–water partition coefficient (Wildman–Crippen LogP) is 3.47. The van der Waals surface area contributed by atoms with Crippen LogP contribution in [0.4, 0.5) is 33.2 Å². The van der Waals surface area contributed by atoms with Gasteiger partial charge in [-0.15, -0.1) is 0 Å². The molecule has 0 spiro atoms. The molecule has 3 N–H and O–H groups in total. The number of aromatic nitrogens is 2. The van der Waals surface area contributed by atoms with E-state index in [2.05, 4.69) is 25.3 Å². The predicted molar refractivity (Wildman–Crippen MR) is 99.9 cm³/mol. The Labute approximate surface area is 150 Å². The van der Waals surface area contributed by atoms with Gasteiger partial charge in [-0.25, -0.2) is 17.8 Å². The first-order valence-corrected chi connectivity index (χ1v) is 9.48. The third-order valence-electron chi connectivity index (χ3n) is 3.25. The highest BCUT2D eigenvalue weighted by molar-refractivity contribution is 7.92. The van der Waals surface area contributed by atoms with Gasteiger partial charge >= 0.3 is 0 Å². The van der Waals surface area contributed by atoms with E-state index in [1.807, 2.05) is 30.3 Å². The summed E-state index contributed by atoms with van der Waals surface area (Å²) in [4.78, 5) is 8.02. The average Bonchev–Trinajstić information content (AvgIpc) is 2.59. The summed E-state index contributed by atoms with van der Waals surface area (Å²) in [5.41, 5.74) is 1.40. The van der Waals surface area contributed by atoms with Crippen molar-refractivity contribution in [1.29, 1.82) is 0 Å². The van der Waals surface area contributed by atoms with E-state index in [0.29, 0.717) is 5.69 Å². The van der Waals surface area contributed by atoms with E-state index < -0.39 is 15.8 Å². The molecule has 0 atom stereocenters. The summed E-state index contributed by atoms with van der Waals surface area (Å²) in [6.07, 6.45) is 2.07. The molecule has 0 radical (unpaired) electrons. The van der Waals surface area contributed by atoms with Gasteiger partial charge in [0.15, 0.2) is 11.6 Å². The van der Waals surface area contributed by atoms with Crippen LogP contribution in [0.3, 0.4) is 0 Å². The number of rotatable bonds is 6. The first-order valence-electron chi connectivity index (χ1n) is 7.59. The first-order chi connectivity index (χ1) is 12.4. The van der Waals surface area contributed by atoms with Crippen LogP contribution < -0.4 is 15.4 Å². The largest absolute Gasteiger partial charge is 0.336 e. The quantitative estimate of drug-likeness (QED) is 0.612. The van der Waals surface area contributed by atoms with Crippen molar-refractivity contribution in [3.05, 3.63) is 66.6 Å². The summed E-state index contributed by atoms with van der Waals surface area (Å²) >= 11 is 0. The number of sulfonamides is 1. The summed E-state index contributed by atoms with van der Waals surface area (Å²) in [6, 6.07) is 15.7. The number of anilines is 5. The van der Waals surface area contributed by atoms with E-state index >= 15 is 0 Å². The normalized spacial score (nSPS) is 11.0. The zero-order valence-corrected chi connectivity index (χ0v) is 14.6. The molecule has 0 saturated carbocycles.